The molecule has 0 unspecified atom stereocenters. The highest BCUT2D eigenvalue weighted by molar-refractivity contribution is 5.69. The van der Waals surface area contributed by atoms with Gasteiger partial charge in [-0.2, -0.15) is 0 Å². The van der Waals surface area contributed by atoms with Crippen LogP contribution < -0.4 is 0 Å². The van der Waals surface area contributed by atoms with Gasteiger partial charge in [-0.3, -0.25) is 9.69 Å². The summed E-state index contributed by atoms with van der Waals surface area (Å²) in [6.45, 7) is 10.3. The number of nitrogens with zero attached hydrogens (tertiary/aromatic N) is 2. The van der Waals surface area contributed by atoms with Crippen molar-refractivity contribution < 1.29 is 9.53 Å². The number of carbonyl (C=O) groups excluding carboxylic acids is 1. The zero-order valence-corrected chi connectivity index (χ0v) is 13.4. The molecule has 4 nitrogen and oxygen atoms in total. The summed E-state index contributed by atoms with van der Waals surface area (Å²) < 4.78 is 4.69. The molecule has 2 rings (SSSR count). The van der Waals surface area contributed by atoms with E-state index >= 15 is 0 Å². The van der Waals surface area contributed by atoms with E-state index in [9.17, 15) is 4.79 Å². The van der Waals surface area contributed by atoms with Crippen molar-refractivity contribution in [1.29, 1.82) is 0 Å². The first-order valence-corrected chi connectivity index (χ1v) is 7.66. The molecule has 1 aliphatic heterocycles. The Hall–Kier alpha value is -1.39. The van der Waals surface area contributed by atoms with Crippen molar-refractivity contribution >= 4 is 5.97 Å². The highest BCUT2D eigenvalue weighted by Gasteiger charge is 2.17. The Morgan fingerprint density at radius 3 is 2.38 bits per heavy atom. The third-order valence-electron chi connectivity index (χ3n) is 4.30. The summed E-state index contributed by atoms with van der Waals surface area (Å²) in [5, 5.41) is 0. The quantitative estimate of drug-likeness (QED) is 0.776. The van der Waals surface area contributed by atoms with Crippen LogP contribution in [0.3, 0.4) is 0 Å². The predicted octanol–water partition coefficient (Wildman–Crippen LogP) is 1.98. The number of rotatable bonds is 5. The molecule has 0 amide bonds. The van der Waals surface area contributed by atoms with Gasteiger partial charge in [-0.05, 0) is 30.5 Å². The van der Waals surface area contributed by atoms with Crippen LogP contribution in [0.15, 0.2) is 18.2 Å². The Balaban J connectivity index is 1.76. The Bertz CT molecular complexity index is 480. The maximum atomic E-state index is 11.2. The van der Waals surface area contributed by atoms with E-state index in [1.807, 2.05) is 0 Å². The Kier molecular flexibility index (Phi) is 5.76. The number of methoxy groups -OCH3 is 1. The second-order valence-electron chi connectivity index (χ2n) is 5.86. The second kappa shape index (κ2) is 7.57. The molecule has 21 heavy (non-hydrogen) atoms. The minimum absolute atomic E-state index is 0.118. The van der Waals surface area contributed by atoms with Crippen LogP contribution in [0.2, 0.25) is 0 Å². The Morgan fingerprint density at radius 1 is 1.10 bits per heavy atom. The summed E-state index contributed by atoms with van der Waals surface area (Å²) in [6.07, 6.45) is 0.494. The minimum atomic E-state index is -0.118. The summed E-state index contributed by atoms with van der Waals surface area (Å²) in [4.78, 5) is 16.0. The molecule has 0 radical (unpaired) electrons. The van der Waals surface area contributed by atoms with Gasteiger partial charge in [0.25, 0.3) is 0 Å². The molecule has 0 N–H and O–H groups in total. The number of hydrogen-bond donors (Lipinski definition) is 0. The summed E-state index contributed by atoms with van der Waals surface area (Å²) in [7, 11) is 1.45. The molecular weight excluding hydrogens is 264 g/mol. The van der Waals surface area contributed by atoms with Crippen molar-refractivity contribution in [2.75, 3.05) is 39.8 Å². The van der Waals surface area contributed by atoms with E-state index in [1.165, 1.54) is 23.8 Å². The smallest absolute Gasteiger partial charge is 0.306 e. The van der Waals surface area contributed by atoms with Crippen LogP contribution in [0.25, 0.3) is 0 Å². The minimum Gasteiger partial charge on any atom is -0.469 e. The largest absolute Gasteiger partial charge is 0.469 e. The summed E-state index contributed by atoms with van der Waals surface area (Å²) in [5.41, 5.74) is 4.11. The van der Waals surface area contributed by atoms with Gasteiger partial charge in [0.2, 0.25) is 0 Å². The van der Waals surface area contributed by atoms with Gasteiger partial charge in [0, 0.05) is 39.3 Å². The van der Waals surface area contributed by atoms with Crippen LogP contribution in [0, 0.1) is 13.8 Å². The van der Waals surface area contributed by atoms with Gasteiger partial charge >= 0.3 is 5.97 Å². The molecule has 0 aromatic heterocycles. The van der Waals surface area contributed by atoms with Gasteiger partial charge in [-0.1, -0.05) is 18.2 Å². The first-order valence-electron chi connectivity index (χ1n) is 7.66. The number of carbonyl (C=O) groups is 1. The number of piperazine rings is 1. The molecule has 1 fully saturated rings. The predicted molar refractivity (Wildman–Crippen MR) is 84.3 cm³/mol. The van der Waals surface area contributed by atoms with Gasteiger partial charge in [-0.25, -0.2) is 0 Å². The number of aryl methyl sites for hydroxylation is 2. The normalized spacial score (nSPS) is 16.9. The van der Waals surface area contributed by atoms with E-state index in [0.29, 0.717) is 6.42 Å². The van der Waals surface area contributed by atoms with Gasteiger partial charge in [-0.15, -0.1) is 0 Å². The molecule has 1 aromatic rings. The van der Waals surface area contributed by atoms with Gasteiger partial charge in [0.15, 0.2) is 0 Å². The highest BCUT2D eigenvalue weighted by Crippen LogP contribution is 2.13. The number of ether oxygens (including phenoxy) is 1. The lowest BCUT2D eigenvalue weighted by molar-refractivity contribution is -0.141. The fraction of sp³-hybridized carbons (Fsp3) is 0.588. The standard InChI is InChI=1S/C17H26N2O2/c1-14-4-5-16(12-15(14)2)13-19-10-8-18(9-11-19)7-6-17(20)21-3/h4-5,12H,6-11,13H2,1-3H3. The average Bonchev–Trinajstić information content (AvgIpc) is 2.50. The molecule has 1 heterocycles. The second-order valence-corrected chi connectivity index (χ2v) is 5.86. The lowest BCUT2D eigenvalue weighted by Gasteiger charge is -2.34. The number of esters is 1. The van der Waals surface area contributed by atoms with Crippen molar-refractivity contribution in [2.45, 2.75) is 26.8 Å². The maximum Gasteiger partial charge on any atom is 0.306 e. The third-order valence-corrected chi connectivity index (χ3v) is 4.30. The SMILES string of the molecule is COC(=O)CCN1CCN(Cc2ccc(C)c(C)c2)CC1. The van der Waals surface area contributed by atoms with Crippen LogP contribution >= 0.6 is 0 Å². The lowest BCUT2D eigenvalue weighted by atomic mass is 10.1. The molecule has 1 aromatic carbocycles. The molecule has 0 bridgehead atoms. The van der Waals surface area contributed by atoms with E-state index in [2.05, 4.69) is 46.6 Å². The zero-order valence-electron chi connectivity index (χ0n) is 13.4. The fourth-order valence-corrected chi connectivity index (χ4v) is 2.68. The monoisotopic (exact) mass is 290 g/mol. The fourth-order valence-electron chi connectivity index (χ4n) is 2.68. The molecule has 0 aliphatic carbocycles. The number of benzene rings is 1. The van der Waals surface area contributed by atoms with Crippen molar-refractivity contribution in [3.63, 3.8) is 0 Å². The van der Waals surface area contributed by atoms with E-state index in [1.54, 1.807) is 0 Å². The van der Waals surface area contributed by atoms with Crippen LogP contribution in [0.5, 0.6) is 0 Å². The maximum absolute atomic E-state index is 11.2. The molecule has 1 aliphatic rings. The van der Waals surface area contributed by atoms with Crippen LogP contribution in [0.4, 0.5) is 0 Å². The summed E-state index contributed by atoms with van der Waals surface area (Å²) >= 11 is 0. The molecule has 1 saturated heterocycles. The molecule has 0 saturated carbocycles. The lowest BCUT2D eigenvalue weighted by Crippen LogP contribution is -2.46. The van der Waals surface area contributed by atoms with E-state index in [-0.39, 0.29) is 5.97 Å². The summed E-state index contributed by atoms with van der Waals surface area (Å²) in [6, 6.07) is 6.72. The van der Waals surface area contributed by atoms with E-state index < -0.39 is 0 Å². The van der Waals surface area contributed by atoms with Crippen molar-refractivity contribution in [1.82, 2.24) is 9.80 Å². The van der Waals surface area contributed by atoms with Crippen LogP contribution in [-0.2, 0) is 16.1 Å². The Labute approximate surface area is 127 Å². The third kappa shape index (κ3) is 4.83. The number of hydrogen-bond acceptors (Lipinski definition) is 4. The summed E-state index contributed by atoms with van der Waals surface area (Å²) in [5.74, 6) is -0.118. The molecule has 4 heteroatoms. The topological polar surface area (TPSA) is 32.8 Å². The highest BCUT2D eigenvalue weighted by atomic mass is 16.5. The Morgan fingerprint density at radius 2 is 1.76 bits per heavy atom. The van der Waals surface area contributed by atoms with Crippen molar-refractivity contribution in [3.8, 4) is 0 Å². The molecule has 0 atom stereocenters. The first-order chi connectivity index (χ1) is 10.1. The molecule has 116 valence electrons. The molecule has 0 spiro atoms. The van der Waals surface area contributed by atoms with Gasteiger partial charge in [0.05, 0.1) is 13.5 Å². The van der Waals surface area contributed by atoms with Crippen molar-refractivity contribution in [2.24, 2.45) is 0 Å². The van der Waals surface area contributed by atoms with Crippen molar-refractivity contribution in [3.05, 3.63) is 34.9 Å². The van der Waals surface area contributed by atoms with Gasteiger partial charge < -0.3 is 9.64 Å². The average molecular weight is 290 g/mol. The van der Waals surface area contributed by atoms with Crippen LogP contribution in [-0.4, -0.2) is 55.6 Å². The van der Waals surface area contributed by atoms with Gasteiger partial charge in [0.1, 0.15) is 0 Å². The van der Waals surface area contributed by atoms with E-state index in [0.717, 1.165) is 39.3 Å². The van der Waals surface area contributed by atoms with E-state index in [4.69, 9.17) is 0 Å². The first kappa shape index (κ1) is 16.0. The molecular formula is C17H26N2O2. The zero-order chi connectivity index (χ0) is 15.2. The van der Waals surface area contributed by atoms with Crippen LogP contribution in [0.1, 0.15) is 23.1 Å².